The maximum absolute atomic E-state index is 11.5. The van der Waals surface area contributed by atoms with E-state index in [2.05, 4.69) is 10.3 Å². The minimum Gasteiger partial charge on any atom is -0.378 e. The van der Waals surface area contributed by atoms with Crippen LogP contribution in [0.4, 0.5) is 0 Å². The van der Waals surface area contributed by atoms with Crippen LogP contribution in [-0.2, 0) is 4.74 Å². The second kappa shape index (κ2) is 7.03. The first-order chi connectivity index (χ1) is 7.74. The zero-order valence-electron chi connectivity index (χ0n) is 8.66. The largest absolute Gasteiger partial charge is 0.378 e. The Balaban J connectivity index is 2.33. The van der Waals surface area contributed by atoms with Crippen LogP contribution in [0.5, 0.6) is 0 Å². The number of halogens is 1. The second-order valence-electron chi connectivity index (χ2n) is 2.99. The highest BCUT2D eigenvalue weighted by atomic mass is 35.5. The Bertz CT molecular complexity index is 392. The van der Waals surface area contributed by atoms with Crippen LogP contribution in [0.3, 0.4) is 0 Å². The lowest BCUT2D eigenvalue weighted by Crippen LogP contribution is -2.29. The lowest BCUT2D eigenvalue weighted by atomic mass is 10.3. The number of aromatic nitrogens is 1. The number of hydrogen-bond acceptors (Lipinski definition) is 3. The molecule has 1 aromatic heterocycles. The van der Waals surface area contributed by atoms with Gasteiger partial charge < -0.3 is 15.0 Å². The number of aromatic amines is 1. The molecule has 0 radical (unpaired) electrons. The first-order valence-corrected chi connectivity index (χ1v) is 5.38. The van der Waals surface area contributed by atoms with Crippen molar-refractivity contribution in [3.8, 4) is 0 Å². The van der Waals surface area contributed by atoms with Gasteiger partial charge in [-0.15, -0.1) is 11.6 Å². The zero-order chi connectivity index (χ0) is 11.8. The molecule has 2 N–H and O–H groups in total. The summed E-state index contributed by atoms with van der Waals surface area (Å²) < 4.78 is 5.07. The molecule has 16 heavy (non-hydrogen) atoms. The van der Waals surface area contributed by atoms with E-state index in [0.717, 1.165) is 0 Å². The lowest BCUT2D eigenvalue weighted by molar-refractivity contribution is 0.0918. The van der Waals surface area contributed by atoms with Crippen molar-refractivity contribution in [3.63, 3.8) is 0 Å². The molecule has 0 aliphatic heterocycles. The first kappa shape index (κ1) is 12.7. The fourth-order valence-electron chi connectivity index (χ4n) is 1.07. The van der Waals surface area contributed by atoms with Gasteiger partial charge in [0.15, 0.2) is 0 Å². The SMILES string of the molecule is O=C(NCCOCCCl)c1cccc(=O)[nH]1. The molecule has 1 heterocycles. The van der Waals surface area contributed by atoms with Crippen molar-refractivity contribution in [2.24, 2.45) is 0 Å². The molecule has 0 atom stereocenters. The monoisotopic (exact) mass is 244 g/mol. The van der Waals surface area contributed by atoms with Crippen LogP contribution in [0.15, 0.2) is 23.0 Å². The highest BCUT2D eigenvalue weighted by molar-refractivity contribution is 6.17. The molecule has 0 unspecified atom stereocenters. The Kier molecular flexibility index (Phi) is 5.60. The lowest BCUT2D eigenvalue weighted by Gasteiger charge is -2.04. The maximum Gasteiger partial charge on any atom is 0.267 e. The fraction of sp³-hybridized carbons (Fsp3) is 0.400. The van der Waals surface area contributed by atoms with Gasteiger partial charge in [0, 0.05) is 18.5 Å². The maximum atomic E-state index is 11.5. The van der Waals surface area contributed by atoms with E-state index in [0.29, 0.717) is 25.6 Å². The molecular formula is C10H13ClN2O3. The number of ether oxygens (including phenoxy) is 1. The third kappa shape index (κ3) is 4.46. The highest BCUT2D eigenvalue weighted by Crippen LogP contribution is 1.89. The van der Waals surface area contributed by atoms with Crippen LogP contribution in [0.2, 0.25) is 0 Å². The number of pyridine rings is 1. The number of H-pyrrole nitrogens is 1. The average molecular weight is 245 g/mol. The van der Waals surface area contributed by atoms with Crippen LogP contribution >= 0.6 is 11.6 Å². The molecule has 0 bridgehead atoms. The summed E-state index contributed by atoms with van der Waals surface area (Å²) in [6.07, 6.45) is 0. The summed E-state index contributed by atoms with van der Waals surface area (Å²) in [5.74, 6) is 0.104. The summed E-state index contributed by atoms with van der Waals surface area (Å²) in [4.78, 5) is 24.8. The average Bonchev–Trinajstić information content (AvgIpc) is 2.28. The van der Waals surface area contributed by atoms with E-state index in [1.54, 1.807) is 0 Å². The second-order valence-corrected chi connectivity index (χ2v) is 3.36. The fourth-order valence-corrected chi connectivity index (χ4v) is 1.18. The molecule has 0 aromatic carbocycles. The molecule has 1 rings (SSSR count). The van der Waals surface area contributed by atoms with Crippen LogP contribution in [0.25, 0.3) is 0 Å². The number of carbonyl (C=O) groups excluding carboxylic acids is 1. The molecule has 0 saturated heterocycles. The third-order valence-electron chi connectivity index (χ3n) is 1.77. The summed E-state index contributed by atoms with van der Waals surface area (Å²) in [7, 11) is 0. The van der Waals surface area contributed by atoms with E-state index < -0.39 is 0 Å². The molecule has 1 aromatic rings. The van der Waals surface area contributed by atoms with Crippen molar-refractivity contribution in [2.75, 3.05) is 25.6 Å². The van der Waals surface area contributed by atoms with Gasteiger partial charge in [-0.3, -0.25) is 9.59 Å². The predicted octanol–water partition coefficient (Wildman–Crippen LogP) is 0.360. The minimum absolute atomic E-state index is 0.241. The predicted molar refractivity (Wildman–Crippen MR) is 60.9 cm³/mol. The Morgan fingerprint density at radius 1 is 1.44 bits per heavy atom. The molecule has 0 fully saturated rings. The van der Waals surface area contributed by atoms with Gasteiger partial charge in [0.25, 0.3) is 5.91 Å². The van der Waals surface area contributed by atoms with Gasteiger partial charge in [0.2, 0.25) is 5.56 Å². The quantitative estimate of drug-likeness (QED) is 0.561. The normalized spacial score (nSPS) is 10.1. The van der Waals surface area contributed by atoms with Gasteiger partial charge in [-0.2, -0.15) is 0 Å². The summed E-state index contributed by atoms with van der Waals surface area (Å²) in [5.41, 5.74) is -0.0594. The summed E-state index contributed by atoms with van der Waals surface area (Å²) in [5, 5.41) is 2.61. The van der Waals surface area contributed by atoms with Gasteiger partial charge in [-0.25, -0.2) is 0 Å². The van der Waals surface area contributed by atoms with Crippen molar-refractivity contribution in [1.29, 1.82) is 0 Å². The van der Waals surface area contributed by atoms with E-state index >= 15 is 0 Å². The number of amides is 1. The van der Waals surface area contributed by atoms with Crippen molar-refractivity contribution >= 4 is 17.5 Å². The standard InChI is InChI=1S/C10H13ClN2O3/c11-4-6-16-7-5-12-10(15)8-2-1-3-9(14)13-8/h1-3H,4-7H2,(H,12,15)(H,13,14). The Morgan fingerprint density at radius 3 is 2.94 bits per heavy atom. The number of alkyl halides is 1. The molecule has 0 saturated carbocycles. The number of nitrogens with one attached hydrogen (secondary N) is 2. The van der Waals surface area contributed by atoms with Crippen LogP contribution in [-0.4, -0.2) is 36.5 Å². The van der Waals surface area contributed by atoms with E-state index in [1.165, 1.54) is 18.2 Å². The van der Waals surface area contributed by atoms with Gasteiger partial charge in [-0.05, 0) is 6.07 Å². The van der Waals surface area contributed by atoms with E-state index in [4.69, 9.17) is 16.3 Å². The van der Waals surface area contributed by atoms with E-state index in [9.17, 15) is 9.59 Å². The van der Waals surface area contributed by atoms with Crippen molar-refractivity contribution in [2.45, 2.75) is 0 Å². The van der Waals surface area contributed by atoms with Crippen molar-refractivity contribution in [1.82, 2.24) is 10.3 Å². The smallest absolute Gasteiger partial charge is 0.267 e. The molecule has 0 aliphatic carbocycles. The van der Waals surface area contributed by atoms with Gasteiger partial charge in [0.1, 0.15) is 5.69 Å². The Labute approximate surface area is 97.8 Å². The molecule has 88 valence electrons. The summed E-state index contributed by atoms with van der Waals surface area (Å²) in [6, 6.07) is 4.41. The Morgan fingerprint density at radius 2 is 2.25 bits per heavy atom. The highest BCUT2D eigenvalue weighted by Gasteiger charge is 2.04. The van der Waals surface area contributed by atoms with Crippen LogP contribution < -0.4 is 10.9 Å². The molecule has 5 nitrogen and oxygen atoms in total. The molecular weight excluding hydrogens is 232 g/mol. The number of carbonyl (C=O) groups is 1. The molecule has 0 spiro atoms. The van der Waals surface area contributed by atoms with Crippen molar-refractivity contribution in [3.05, 3.63) is 34.2 Å². The van der Waals surface area contributed by atoms with Gasteiger partial charge in [0.05, 0.1) is 13.2 Å². The van der Waals surface area contributed by atoms with Crippen LogP contribution in [0, 0.1) is 0 Å². The van der Waals surface area contributed by atoms with Gasteiger partial charge >= 0.3 is 0 Å². The van der Waals surface area contributed by atoms with E-state index in [-0.39, 0.29) is 17.2 Å². The van der Waals surface area contributed by atoms with E-state index in [1.807, 2.05) is 0 Å². The molecule has 0 aliphatic rings. The van der Waals surface area contributed by atoms with Gasteiger partial charge in [-0.1, -0.05) is 6.07 Å². The Hall–Kier alpha value is -1.33. The third-order valence-corrected chi connectivity index (χ3v) is 1.92. The number of rotatable bonds is 6. The molecule has 1 amide bonds. The zero-order valence-corrected chi connectivity index (χ0v) is 9.42. The summed E-state index contributed by atoms with van der Waals surface area (Å²) in [6.45, 7) is 1.24. The minimum atomic E-state index is -0.327. The topological polar surface area (TPSA) is 71.2 Å². The van der Waals surface area contributed by atoms with Crippen LogP contribution in [0.1, 0.15) is 10.5 Å². The van der Waals surface area contributed by atoms with Crippen molar-refractivity contribution < 1.29 is 9.53 Å². The summed E-state index contributed by atoms with van der Waals surface area (Å²) >= 11 is 5.40. The molecule has 6 heteroatoms. The first-order valence-electron chi connectivity index (χ1n) is 4.85. The number of hydrogen-bond donors (Lipinski definition) is 2.